The maximum Gasteiger partial charge on any atom is 0.187 e. The number of aliphatic hydroxyl groups excluding tert-OH is 1. The van der Waals surface area contributed by atoms with Crippen molar-refractivity contribution in [2.75, 3.05) is 19.7 Å². The maximum atomic E-state index is 10.2. The Labute approximate surface area is 190 Å². The summed E-state index contributed by atoms with van der Waals surface area (Å²) < 4.78 is 2.26. The molecular weight excluding hydrogens is 398 g/mol. The molecule has 1 aliphatic heterocycles. The van der Waals surface area contributed by atoms with E-state index in [9.17, 15) is 5.11 Å². The number of benzene rings is 1. The third-order valence-corrected chi connectivity index (χ3v) is 6.71. The molecule has 2 aromatic heterocycles. The van der Waals surface area contributed by atoms with Gasteiger partial charge in [0.1, 0.15) is 5.82 Å². The highest BCUT2D eigenvalue weighted by Gasteiger charge is 2.35. The summed E-state index contributed by atoms with van der Waals surface area (Å²) >= 11 is 0. The lowest BCUT2D eigenvalue weighted by atomic mass is 9.75. The standard InChI is InChI=1S/C26H31N5O/c1-20-8-11-28-24(14-20)15-26(19-32)9-12-30(13-10-26)18-25-16-29-21(2)31(25)17-22-4-6-23(27-3)7-5-22/h4-8,11,14,16,32H,9-10,12-13,15,17-19H2,1-2H3. The van der Waals surface area contributed by atoms with E-state index in [0.29, 0.717) is 5.69 Å². The molecule has 1 aliphatic rings. The molecule has 0 unspecified atom stereocenters. The van der Waals surface area contributed by atoms with E-state index in [1.54, 1.807) is 0 Å². The summed E-state index contributed by atoms with van der Waals surface area (Å²) in [4.78, 5) is 15.0. The van der Waals surface area contributed by atoms with E-state index in [4.69, 9.17) is 6.57 Å². The minimum absolute atomic E-state index is 0.0852. The molecule has 0 spiro atoms. The highest BCUT2D eigenvalue weighted by molar-refractivity contribution is 5.45. The predicted molar refractivity (Wildman–Crippen MR) is 125 cm³/mol. The Kier molecular flexibility index (Phi) is 6.69. The number of nitrogens with zero attached hydrogens (tertiary/aromatic N) is 5. The first-order chi connectivity index (χ1) is 15.5. The maximum absolute atomic E-state index is 10.2. The van der Waals surface area contributed by atoms with E-state index in [0.717, 1.165) is 57.0 Å². The normalized spacial score (nSPS) is 16.1. The summed E-state index contributed by atoms with van der Waals surface area (Å²) in [5, 5.41) is 10.2. The van der Waals surface area contributed by atoms with Gasteiger partial charge in [-0.25, -0.2) is 9.83 Å². The van der Waals surface area contributed by atoms with Crippen LogP contribution in [0.5, 0.6) is 0 Å². The molecule has 0 aliphatic carbocycles. The summed E-state index contributed by atoms with van der Waals surface area (Å²) in [5.41, 5.74) is 5.24. The zero-order valence-corrected chi connectivity index (χ0v) is 19.0. The SMILES string of the molecule is [C-]#[N+]c1ccc(Cn2c(CN3CCC(CO)(Cc4cc(C)ccn4)CC3)cnc2C)cc1. The Hall–Kier alpha value is -3.01. The molecule has 1 aromatic carbocycles. The summed E-state index contributed by atoms with van der Waals surface area (Å²) in [6.45, 7) is 15.0. The number of rotatable bonds is 7. The van der Waals surface area contributed by atoms with Gasteiger partial charge in [0.15, 0.2) is 5.69 Å². The second-order valence-corrected chi connectivity index (χ2v) is 9.10. The zero-order valence-electron chi connectivity index (χ0n) is 19.0. The predicted octanol–water partition coefficient (Wildman–Crippen LogP) is 4.31. The van der Waals surface area contributed by atoms with Gasteiger partial charge in [-0.3, -0.25) is 9.88 Å². The second kappa shape index (κ2) is 9.64. The van der Waals surface area contributed by atoms with Crippen LogP contribution in [0.1, 0.15) is 41.2 Å². The molecule has 3 aromatic rings. The lowest BCUT2D eigenvalue weighted by Crippen LogP contribution is -2.43. The Morgan fingerprint density at radius 2 is 1.81 bits per heavy atom. The fourth-order valence-electron chi connectivity index (χ4n) is 4.60. The van der Waals surface area contributed by atoms with Crippen LogP contribution in [0.4, 0.5) is 5.69 Å². The highest BCUT2D eigenvalue weighted by atomic mass is 16.3. The smallest absolute Gasteiger partial charge is 0.187 e. The Morgan fingerprint density at radius 3 is 2.47 bits per heavy atom. The van der Waals surface area contributed by atoms with Crippen LogP contribution in [0.3, 0.4) is 0 Å². The molecule has 3 heterocycles. The number of pyridine rings is 1. The number of hydrogen-bond acceptors (Lipinski definition) is 4. The quantitative estimate of drug-likeness (QED) is 0.569. The summed E-state index contributed by atoms with van der Waals surface area (Å²) in [6.07, 6.45) is 6.60. The van der Waals surface area contributed by atoms with Crippen molar-refractivity contribution in [3.63, 3.8) is 0 Å². The van der Waals surface area contributed by atoms with Gasteiger partial charge < -0.3 is 9.67 Å². The summed E-state index contributed by atoms with van der Waals surface area (Å²) in [7, 11) is 0. The Balaban J connectivity index is 1.40. The largest absolute Gasteiger partial charge is 0.396 e. The van der Waals surface area contributed by atoms with Crippen molar-refractivity contribution in [3.05, 3.63) is 88.5 Å². The molecule has 0 radical (unpaired) electrons. The monoisotopic (exact) mass is 429 g/mol. The molecule has 0 saturated carbocycles. The third kappa shape index (κ3) is 5.07. The molecule has 6 nitrogen and oxygen atoms in total. The lowest BCUT2D eigenvalue weighted by Gasteiger charge is -2.40. The number of aryl methyl sites for hydroxylation is 2. The van der Waals surface area contributed by atoms with Gasteiger partial charge in [0.25, 0.3) is 0 Å². The van der Waals surface area contributed by atoms with Gasteiger partial charge in [-0.05, 0) is 69.5 Å². The molecule has 1 N–H and O–H groups in total. The minimum atomic E-state index is -0.0852. The average Bonchev–Trinajstić information content (AvgIpc) is 3.14. The van der Waals surface area contributed by atoms with Gasteiger partial charge >= 0.3 is 0 Å². The van der Waals surface area contributed by atoms with Gasteiger partial charge in [-0.2, -0.15) is 0 Å². The van der Waals surface area contributed by atoms with Crippen LogP contribution in [-0.4, -0.2) is 44.2 Å². The molecule has 6 heteroatoms. The van der Waals surface area contributed by atoms with Crippen molar-refractivity contribution >= 4 is 5.69 Å². The van der Waals surface area contributed by atoms with Crippen LogP contribution in [0.2, 0.25) is 0 Å². The Morgan fingerprint density at radius 1 is 1.06 bits per heavy atom. The molecule has 32 heavy (non-hydrogen) atoms. The van der Waals surface area contributed by atoms with Crippen LogP contribution >= 0.6 is 0 Å². The molecule has 1 fully saturated rings. The van der Waals surface area contributed by atoms with Gasteiger partial charge in [-0.1, -0.05) is 24.3 Å². The highest BCUT2D eigenvalue weighted by Crippen LogP contribution is 2.35. The molecule has 166 valence electrons. The van der Waals surface area contributed by atoms with Crippen molar-refractivity contribution in [3.8, 4) is 0 Å². The number of aliphatic hydroxyl groups is 1. The van der Waals surface area contributed by atoms with Crippen molar-refractivity contribution in [1.29, 1.82) is 0 Å². The minimum Gasteiger partial charge on any atom is -0.396 e. The first-order valence-electron chi connectivity index (χ1n) is 11.2. The van der Waals surface area contributed by atoms with Crippen LogP contribution in [0, 0.1) is 25.8 Å². The first-order valence-corrected chi connectivity index (χ1v) is 11.2. The van der Waals surface area contributed by atoms with Gasteiger partial charge in [-0.15, -0.1) is 0 Å². The van der Waals surface area contributed by atoms with E-state index < -0.39 is 0 Å². The number of aromatic nitrogens is 3. The molecule has 4 rings (SSSR count). The molecule has 0 bridgehead atoms. The molecule has 1 saturated heterocycles. The number of piperidine rings is 1. The van der Waals surface area contributed by atoms with Crippen molar-refractivity contribution in [2.45, 2.75) is 46.2 Å². The molecule has 0 amide bonds. The van der Waals surface area contributed by atoms with Gasteiger partial charge in [0, 0.05) is 43.2 Å². The number of imidazole rings is 1. The number of hydrogen-bond donors (Lipinski definition) is 1. The van der Waals surface area contributed by atoms with E-state index in [-0.39, 0.29) is 12.0 Å². The van der Waals surface area contributed by atoms with Crippen LogP contribution in [0.25, 0.3) is 4.85 Å². The van der Waals surface area contributed by atoms with Crippen molar-refractivity contribution < 1.29 is 5.11 Å². The van der Waals surface area contributed by atoms with Gasteiger partial charge in [0.05, 0.1) is 12.3 Å². The van der Waals surface area contributed by atoms with Crippen LogP contribution in [0.15, 0.2) is 48.8 Å². The summed E-state index contributed by atoms with van der Waals surface area (Å²) in [5.74, 6) is 1.00. The molecule has 0 atom stereocenters. The summed E-state index contributed by atoms with van der Waals surface area (Å²) in [6, 6.07) is 11.9. The van der Waals surface area contributed by atoms with E-state index in [2.05, 4.69) is 37.3 Å². The Bertz CT molecular complexity index is 1090. The van der Waals surface area contributed by atoms with E-state index in [1.807, 2.05) is 49.6 Å². The van der Waals surface area contributed by atoms with Crippen molar-refractivity contribution in [1.82, 2.24) is 19.4 Å². The van der Waals surface area contributed by atoms with Crippen LogP contribution in [-0.2, 0) is 19.5 Å². The lowest BCUT2D eigenvalue weighted by molar-refractivity contribution is 0.0399. The molecular formula is C26H31N5O. The third-order valence-electron chi connectivity index (χ3n) is 6.71. The average molecular weight is 430 g/mol. The van der Waals surface area contributed by atoms with Crippen molar-refractivity contribution in [2.24, 2.45) is 5.41 Å². The topological polar surface area (TPSA) is 58.5 Å². The zero-order chi connectivity index (χ0) is 22.6. The second-order valence-electron chi connectivity index (χ2n) is 9.10. The van der Waals surface area contributed by atoms with E-state index >= 15 is 0 Å². The van der Waals surface area contributed by atoms with Crippen LogP contribution < -0.4 is 0 Å². The fraction of sp³-hybridized carbons (Fsp3) is 0.423. The van der Waals surface area contributed by atoms with E-state index in [1.165, 1.54) is 16.8 Å². The number of likely N-dealkylation sites (tertiary alicyclic amines) is 1. The fourth-order valence-corrected chi connectivity index (χ4v) is 4.60. The first kappa shape index (κ1) is 22.2. The van der Waals surface area contributed by atoms with Gasteiger partial charge in [0.2, 0.25) is 0 Å².